The highest BCUT2D eigenvalue weighted by atomic mass is 16.5. The maximum Gasteiger partial charge on any atom is 0.240 e. The summed E-state index contributed by atoms with van der Waals surface area (Å²) in [5.41, 5.74) is 1.50. The van der Waals surface area contributed by atoms with E-state index in [-0.39, 0.29) is 17.6 Å². The van der Waals surface area contributed by atoms with E-state index in [0.29, 0.717) is 12.4 Å². The average molecular weight is 327 g/mol. The predicted molar refractivity (Wildman–Crippen MR) is 89.8 cm³/mol. The van der Waals surface area contributed by atoms with Crippen molar-refractivity contribution in [3.05, 3.63) is 47.7 Å². The predicted octanol–water partition coefficient (Wildman–Crippen LogP) is 2.52. The lowest BCUT2D eigenvalue weighted by molar-refractivity contribution is -0.117. The SMILES string of the molecule is Cc1cc(NC(=O)CN2CCC(C(=O)c3ccccc3)CC2)on1. The maximum atomic E-state index is 12.5. The lowest BCUT2D eigenvalue weighted by Gasteiger charge is -2.30. The number of piperidine rings is 1. The van der Waals surface area contributed by atoms with Crippen LogP contribution in [0.15, 0.2) is 40.9 Å². The summed E-state index contributed by atoms with van der Waals surface area (Å²) in [6.07, 6.45) is 1.56. The van der Waals surface area contributed by atoms with Gasteiger partial charge in [-0.25, -0.2) is 0 Å². The van der Waals surface area contributed by atoms with Crippen LogP contribution < -0.4 is 5.32 Å². The first-order chi connectivity index (χ1) is 11.6. The summed E-state index contributed by atoms with van der Waals surface area (Å²) in [7, 11) is 0. The van der Waals surface area contributed by atoms with E-state index < -0.39 is 0 Å². The third-order valence-electron chi connectivity index (χ3n) is 4.27. The molecular weight excluding hydrogens is 306 g/mol. The van der Waals surface area contributed by atoms with Gasteiger partial charge in [-0.2, -0.15) is 0 Å². The number of aromatic nitrogens is 1. The van der Waals surface area contributed by atoms with Crippen LogP contribution >= 0.6 is 0 Å². The van der Waals surface area contributed by atoms with Gasteiger partial charge in [0.15, 0.2) is 5.78 Å². The molecule has 1 aliphatic heterocycles. The van der Waals surface area contributed by atoms with E-state index in [2.05, 4.69) is 15.4 Å². The van der Waals surface area contributed by atoms with Crippen molar-refractivity contribution in [3.63, 3.8) is 0 Å². The third kappa shape index (κ3) is 4.08. The van der Waals surface area contributed by atoms with Crippen molar-refractivity contribution in [2.24, 2.45) is 5.92 Å². The first-order valence-electron chi connectivity index (χ1n) is 8.16. The molecule has 126 valence electrons. The molecule has 3 rings (SSSR count). The highest BCUT2D eigenvalue weighted by Crippen LogP contribution is 2.21. The second-order valence-corrected chi connectivity index (χ2v) is 6.16. The Morgan fingerprint density at radius 3 is 2.58 bits per heavy atom. The van der Waals surface area contributed by atoms with Gasteiger partial charge < -0.3 is 4.52 Å². The van der Waals surface area contributed by atoms with Crippen LogP contribution in [-0.2, 0) is 4.79 Å². The Morgan fingerprint density at radius 1 is 1.25 bits per heavy atom. The van der Waals surface area contributed by atoms with E-state index >= 15 is 0 Å². The molecule has 1 aromatic heterocycles. The van der Waals surface area contributed by atoms with Crippen LogP contribution in [0.25, 0.3) is 0 Å². The van der Waals surface area contributed by atoms with E-state index in [4.69, 9.17) is 4.52 Å². The summed E-state index contributed by atoms with van der Waals surface area (Å²) in [4.78, 5) is 26.5. The zero-order chi connectivity index (χ0) is 16.9. The molecule has 0 unspecified atom stereocenters. The van der Waals surface area contributed by atoms with Gasteiger partial charge in [-0.3, -0.25) is 19.8 Å². The van der Waals surface area contributed by atoms with Gasteiger partial charge >= 0.3 is 0 Å². The zero-order valence-corrected chi connectivity index (χ0v) is 13.7. The number of hydrogen-bond donors (Lipinski definition) is 1. The number of hydrogen-bond acceptors (Lipinski definition) is 5. The fraction of sp³-hybridized carbons (Fsp3) is 0.389. The zero-order valence-electron chi connectivity index (χ0n) is 13.7. The van der Waals surface area contributed by atoms with E-state index in [1.165, 1.54) is 0 Å². The van der Waals surface area contributed by atoms with Crippen molar-refractivity contribution in [2.75, 3.05) is 25.0 Å². The Bertz CT molecular complexity index is 703. The Balaban J connectivity index is 1.46. The number of rotatable bonds is 5. The van der Waals surface area contributed by atoms with Crippen LogP contribution in [0, 0.1) is 12.8 Å². The number of carbonyl (C=O) groups is 2. The van der Waals surface area contributed by atoms with Crippen molar-refractivity contribution < 1.29 is 14.1 Å². The van der Waals surface area contributed by atoms with Crippen LogP contribution in [0.2, 0.25) is 0 Å². The average Bonchev–Trinajstić information content (AvgIpc) is 3.00. The minimum absolute atomic E-state index is 0.0450. The Hall–Kier alpha value is -2.47. The van der Waals surface area contributed by atoms with Gasteiger partial charge in [0.1, 0.15) is 0 Å². The molecule has 0 radical (unpaired) electrons. The molecule has 1 amide bonds. The molecule has 2 heterocycles. The molecule has 0 atom stereocenters. The molecule has 2 aromatic rings. The molecular formula is C18H21N3O3. The van der Waals surface area contributed by atoms with Gasteiger partial charge in [-0.1, -0.05) is 35.5 Å². The van der Waals surface area contributed by atoms with Gasteiger partial charge in [0.25, 0.3) is 0 Å². The van der Waals surface area contributed by atoms with Gasteiger partial charge in [0.2, 0.25) is 11.8 Å². The number of aryl methyl sites for hydroxylation is 1. The van der Waals surface area contributed by atoms with E-state index in [1.54, 1.807) is 13.0 Å². The Labute approximate surface area is 140 Å². The van der Waals surface area contributed by atoms with Crippen LogP contribution in [0.4, 0.5) is 5.88 Å². The summed E-state index contributed by atoms with van der Waals surface area (Å²) in [6, 6.07) is 11.1. The number of ketones is 1. The molecule has 1 fully saturated rings. The molecule has 0 spiro atoms. The standard InChI is InChI=1S/C18H21N3O3/c1-13-11-17(24-20-13)19-16(22)12-21-9-7-15(8-10-21)18(23)14-5-3-2-4-6-14/h2-6,11,15H,7-10,12H2,1H3,(H,19,22). The highest BCUT2D eigenvalue weighted by molar-refractivity contribution is 5.97. The fourth-order valence-electron chi connectivity index (χ4n) is 2.99. The topological polar surface area (TPSA) is 75.4 Å². The van der Waals surface area contributed by atoms with E-state index in [0.717, 1.165) is 37.2 Å². The molecule has 1 N–H and O–H groups in total. The summed E-state index contributed by atoms with van der Waals surface area (Å²) in [6.45, 7) is 3.58. The number of Topliss-reactive ketones (excluding diaryl/α,β-unsaturated/α-hetero) is 1. The normalized spacial score (nSPS) is 16.0. The molecule has 24 heavy (non-hydrogen) atoms. The molecule has 0 saturated carbocycles. The van der Waals surface area contributed by atoms with Gasteiger partial charge in [0, 0.05) is 17.5 Å². The number of nitrogens with one attached hydrogen (secondary N) is 1. The Morgan fingerprint density at radius 2 is 1.96 bits per heavy atom. The number of anilines is 1. The van der Waals surface area contributed by atoms with Crippen molar-refractivity contribution in [3.8, 4) is 0 Å². The third-order valence-corrected chi connectivity index (χ3v) is 4.27. The number of amides is 1. The van der Waals surface area contributed by atoms with Gasteiger partial charge in [-0.05, 0) is 32.9 Å². The molecule has 1 saturated heterocycles. The minimum atomic E-state index is -0.126. The number of nitrogens with zero attached hydrogens (tertiary/aromatic N) is 2. The van der Waals surface area contributed by atoms with Crippen LogP contribution in [-0.4, -0.2) is 41.4 Å². The van der Waals surface area contributed by atoms with Gasteiger partial charge in [0.05, 0.1) is 12.2 Å². The Kier molecular flexibility index (Phi) is 5.05. The number of likely N-dealkylation sites (tertiary alicyclic amines) is 1. The lowest BCUT2D eigenvalue weighted by atomic mass is 9.89. The number of carbonyl (C=O) groups excluding carboxylic acids is 2. The largest absolute Gasteiger partial charge is 0.338 e. The van der Waals surface area contributed by atoms with Crippen molar-refractivity contribution in [2.45, 2.75) is 19.8 Å². The van der Waals surface area contributed by atoms with Crippen LogP contribution in [0.3, 0.4) is 0 Å². The summed E-state index contributed by atoms with van der Waals surface area (Å²) >= 11 is 0. The molecule has 1 aromatic carbocycles. The monoisotopic (exact) mass is 327 g/mol. The highest BCUT2D eigenvalue weighted by Gasteiger charge is 2.26. The quantitative estimate of drug-likeness (QED) is 0.854. The van der Waals surface area contributed by atoms with Crippen molar-refractivity contribution in [1.29, 1.82) is 0 Å². The molecule has 6 heteroatoms. The fourth-order valence-corrected chi connectivity index (χ4v) is 2.99. The molecule has 1 aliphatic rings. The van der Waals surface area contributed by atoms with Crippen molar-refractivity contribution in [1.82, 2.24) is 10.1 Å². The van der Waals surface area contributed by atoms with E-state index in [9.17, 15) is 9.59 Å². The maximum absolute atomic E-state index is 12.5. The lowest BCUT2D eigenvalue weighted by Crippen LogP contribution is -2.40. The summed E-state index contributed by atoms with van der Waals surface area (Å²) in [5.74, 6) is 0.492. The van der Waals surface area contributed by atoms with Gasteiger partial charge in [-0.15, -0.1) is 0 Å². The first kappa shape index (κ1) is 16.4. The van der Waals surface area contributed by atoms with Crippen LogP contribution in [0.1, 0.15) is 28.9 Å². The van der Waals surface area contributed by atoms with Crippen LogP contribution in [0.5, 0.6) is 0 Å². The van der Waals surface area contributed by atoms with Crippen molar-refractivity contribution >= 4 is 17.6 Å². The minimum Gasteiger partial charge on any atom is -0.338 e. The van der Waals surface area contributed by atoms with E-state index in [1.807, 2.05) is 30.3 Å². The number of benzene rings is 1. The molecule has 0 bridgehead atoms. The first-order valence-corrected chi connectivity index (χ1v) is 8.16. The summed E-state index contributed by atoms with van der Waals surface area (Å²) in [5, 5.41) is 6.43. The molecule has 6 nitrogen and oxygen atoms in total. The summed E-state index contributed by atoms with van der Waals surface area (Å²) < 4.78 is 4.98. The second-order valence-electron chi connectivity index (χ2n) is 6.16. The molecule has 0 aliphatic carbocycles. The second kappa shape index (κ2) is 7.40. The smallest absolute Gasteiger partial charge is 0.240 e.